The van der Waals surface area contributed by atoms with E-state index in [1.54, 1.807) is 4.57 Å². The van der Waals surface area contributed by atoms with Crippen LogP contribution >= 0.6 is 0 Å². The number of hydrogen-bond acceptors (Lipinski definition) is 5. The third-order valence-electron chi connectivity index (χ3n) is 4.62. The first-order valence-electron chi connectivity index (χ1n) is 8.95. The second-order valence-electron chi connectivity index (χ2n) is 6.86. The maximum absolute atomic E-state index is 12.8. The van der Waals surface area contributed by atoms with Crippen molar-refractivity contribution in [1.82, 2.24) is 14.5 Å². The Morgan fingerprint density at radius 1 is 1.03 bits per heavy atom. The van der Waals surface area contributed by atoms with Crippen LogP contribution in [0.3, 0.4) is 0 Å². The van der Waals surface area contributed by atoms with Crippen molar-refractivity contribution >= 4 is 28.5 Å². The summed E-state index contributed by atoms with van der Waals surface area (Å²) in [6.45, 7) is 3.78. The Morgan fingerprint density at radius 3 is 2.40 bits per heavy atom. The number of aromatic nitrogens is 4. The summed E-state index contributed by atoms with van der Waals surface area (Å²) in [5.41, 5.74) is 8.11. The van der Waals surface area contributed by atoms with E-state index in [1.807, 2.05) is 32.0 Å². The van der Waals surface area contributed by atoms with E-state index < -0.39 is 11.7 Å². The molecule has 0 unspecified atom stereocenters. The van der Waals surface area contributed by atoms with Crippen molar-refractivity contribution in [2.24, 2.45) is 0 Å². The lowest BCUT2D eigenvalue weighted by molar-refractivity contribution is -0.883. The number of nitrogens with two attached hydrogens (primary N) is 1. The zero-order chi connectivity index (χ0) is 21.6. The molecular formula is C20H18F3N6O+. The van der Waals surface area contributed by atoms with Gasteiger partial charge in [-0.25, -0.2) is 4.98 Å². The van der Waals surface area contributed by atoms with Gasteiger partial charge in [0, 0.05) is 0 Å². The van der Waals surface area contributed by atoms with Crippen LogP contribution in [-0.4, -0.2) is 19.7 Å². The van der Waals surface area contributed by atoms with Crippen LogP contribution in [0.2, 0.25) is 0 Å². The third-order valence-corrected chi connectivity index (χ3v) is 4.62. The Kier molecular flexibility index (Phi) is 4.49. The molecule has 0 aliphatic heterocycles. The van der Waals surface area contributed by atoms with Crippen LogP contribution < -0.4 is 15.8 Å². The highest BCUT2D eigenvalue weighted by Gasteiger charge is 2.30. The monoisotopic (exact) mass is 415 g/mol. The number of aryl methyl sites for hydroxylation is 2. The summed E-state index contributed by atoms with van der Waals surface area (Å²) < 4.78 is 40.7. The molecule has 4 N–H and O–H groups in total. The Hall–Kier alpha value is -3.82. The highest BCUT2D eigenvalue weighted by Crippen LogP contribution is 2.30. The van der Waals surface area contributed by atoms with Gasteiger partial charge in [-0.2, -0.15) is 13.2 Å². The topological polar surface area (TPSA) is 92.9 Å². The molecular weight excluding hydrogens is 397 g/mol. The minimum absolute atomic E-state index is 0.0113. The fraction of sp³-hybridized carbons (Fsp3) is 0.150. The average Bonchev–Trinajstić information content (AvgIpc) is 2.99. The largest absolute Gasteiger partial charge is 0.416 e. The van der Waals surface area contributed by atoms with Gasteiger partial charge in [0.15, 0.2) is 0 Å². The van der Waals surface area contributed by atoms with E-state index in [-0.39, 0.29) is 11.8 Å². The molecule has 30 heavy (non-hydrogen) atoms. The summed E-state index contributed by atoms with van der Waals surface area (Å²) in [6.07, 6.45) is -4.43. The highest BCUT2D eigenvalue weighted by molar-refractivity contribution is 5.78. The van der Waals surface area contributed by atoms with Crippen molar-refractivity contribution in [3.05, 3.63) is 65.5 Å². The summed E-state index contributed by atoms with van der Waals surface area (Å²) in [6, 6.07) is 11.6. The molecule has 0 saturated carbocycles. The highest BCUT2D eigenvalue weighted by atomic mass is 19.4. The molecule has 0 radical (unpaired) electrons. The lowest BCUT2D eigenvalue weighted by atomic mass is 10.2. The predicted molar refractivity (Wildman–Crippen MR) is 105 cm³/mol. The number of fused-ring (bicyclic) bond motifs is 1. The van der Waals surface area contributed by atoms with E-state index >= 15 is 0 Å². The number of nitrogens with one attached hydrogen (secondary N) is 1. The fourth-order valence-corrected chi connectivity index (χ4v) is 3.17. The molecule has 0 fully saturated rings. The number of anilines is 3. The Morgan fingerprint density at radius 2 is 1.73 bits per heavy atom. The van der Waals surface area contributed by atoms with Gasteiger partial charge in [0.25, 0.3) is 0 Å². The van der Waals surface area contributed by atoms with Crippen molar-refractivity contribution in [3.63, 3.8) is 0 Å². The number of nitrogens with zero attached hydrogens (tertiary/aromatic N) is 4. The molecule has 2 aromatic carbocycles. The van der Waals surface area contributed by atoms with Gasteiger partial charge in [-0.15, -0.1) is 0 Å². The maximum Gasteiger partial charge on any atom is 0.416 e. The zero-order valence-electron chi connectivity index (χ0n) is 16.1. The first-order valence-corrected chi connectivity index (χ1v) is 8.95. The molecule has 154 valence electrons. The smallest absolute Gasteiger partial charge is 0.382 e. The van der Waals surface area contributed by atoms with Crippen molar-refractivity contribution in [3.8, 4) is 5.82 Å². The summed E-state index contributed by atoms with van der Waals surface area (Å²) >= 11 is 0. The van der Waals surface area contributed by atoms with Gasteiger partial charge in [-0.1, -0.05) is 11.1 Å². The van der Waals surface area contributed by atoms with Gasteiger partial charge < -0.3 is 10.9 Å². The molecule has 0 amide bonds. The van der Waals surface area contributed by atoms with Crippen molar-refractivity contribution in [2.75, 3.05) is 11.1 Å². The molecule has 0 saturated heterocycles. The first kappa shape index (κ1) is 19.5. The van der Waals surface area contributed by atoms with Crippen molar-refractivity contribution in [2.45, 2.75) is 20.0 Å². The lowest BCUT2D eigenvalue weighted by Crippen LogP contribution is -2.38. The van der Waals surface area contributed by atoms with Crippen LogP contribution in [0.25, 0.3) is 16.9 Å². The Bertz CT molecular complexity index is 1250. The Balaban J connectivity index is 1.76. The van der Waals surface area contributed by atoms with Gasteiger partial charge in [-0.3, -0.25) is 9.88 Å². The van der Waals surface area contributed by atoms with E-state index in [0.29, 0.717) is 22.1 Å². The molecule has 10 heteroatoms. The first-order chi connectivity index (χ1) is 14.1. The number of alkyl halides is 3. The summed E-state index contributed by atoms with van der Waals surface area (Å²) in [4.78, 5) is 8.93. The van der Waals surface area contributed by atoms with Gasteiger partial charge in [-0.05, 0) is 60.5 Å². The Labute approximate surface area is 169 Å². The van der Waals surface area contributed by atoms with Crippen LogP contribution in [0, 0.1) is 13.8 Å². The minimum atomic E-state index is -4.43. The van der Waals surface area contributed by atoms with Gasteiger partial charge in [0.05, 0.1) is 28.4 Å². The maximum atomic E-state index is 12.8. The van der Waals surface area contributed by atoms with E-state index in [1.165, 1.54) is 18.2 Å². The van der Waals surface area contributed by atoms with Crippen molar-refractivity contribution < 1.29 is 23.1 Å². The normalized spacial score (nSPS) is 11.8. The zero-order valence-corrected chi connectivity index (χ0v) is 16.1. The summed E-state index contributed by atoms with van der Waals surface area (Å²) in [5, 5.41) is 13.0. The molecule has 4 aromatic rings. The minimum Gasteiger partial charge on any atom is -0.382 e. The predicted octanol–water partition coefficient (Wildman–Crippen LogP) is 3.91. The molecule has 0 aliphatic carbocycles. The van der Waals surface area contributed by atoms with Gasteiger partial charge in [0.2, 0.25) is 11.6 Å². The third kappa shape index (κ3) is 3.47. The second kappa shape index (κ2) is 6.90. The van der Waals surface area contributed by atoms with Gasteiger partial charge in [0.1, 0.15) is 5.82 Å². The second-order valence-corrected chi connectivity index (χ2v) is 6.86. The molecule has 0 bridgehead atoms. The molecule has 7 nitrogen and oxygen atoms in total. The standard InChI is InChI=1S/C20H17F3N6O/c1-11-3-8-16-15(9-11)25-12(2)28(16)18-10-17(24)29(30)19(27-18)26-14-6-4-13(5-7-14)20(21,22)23/h3-10,30H,1-2H3,(H2,24,26,27)/p+1. The molecule has 2 heterocycles. The summed E-state index contributed by atoms with van der Waals surface area (Å²) in [7, 11) is 0. The average molecular weight is 415 g/mol. The molecule has 2 aromatic heterocycles. The van der Waals surface area contributed by atoms with Gasteiger partial charge >= 0.3 is 12.1 Å². The molecule has 0 atom stereocenters. The van der Waals surface area contributed by atoms with E-state index in [4.69, 9.17) is 5.73 Å². The summed E-state index contributed by atoms with van der Waals surface area (Å²) in [5.74, 6) is 0.996. The molecule has 0 spiro atoms. The number of nitrogen functional groups attached to an aromatic ring is 1. The van der Waals surface area contributed by atoms with Crippen LogP contribution in [0.5, 0.6) is 0 Å². The SMILES string of the molecule is Cc1ccc2c(c1)nc(C)n2-c1cc(N)[n+](O)c(Nc2ccc(C(F)(F)F)cc2)n1. The number of hydrogen-bond donors (Lipinski definition) is 3. The van der Waals surface area contributed by atoms with E-state index in [0.717, 1.165) is 28.7 Å². The molecule has 0 aliphatic rings. The van der Waals surface area contributed by atoms with E-state index in [9.17, 15) is 18.4 Å². The van der Waals surface area contributed by atoms with Crippen LogP contribution in [0.15, 0.2) is 48.5 Å². The van der Waals surface area contributed by atoms with E-state index in [2.05, 4.69) is 15.3 Å². The number of benzene rings is 2. The fourth-order valence-electron chi connectivity index (χ4n) is 3.17. The number of rotatable bonds is 3. The number of imidazole rings is 1. The number of halogens is 3. The quantitative estimate of drug-likeness (QED) is 0.349. The lowest BCUT2D eigenvalue weighted by Gasteiger charge is -2.10. The van der Waals surface area contributed by atoms with Crippen LogP contribution in [0.1, 0.15) is 17.0 Å². The van der Waals surface area contributed by atoms with Crippen molar-refractivity contribution in [1.29, 1.82) is 0 Å². The molecule has 4 rings (SSSR count). The van der Waals surface area contributed by atoms with Crippen LogP contribution in [-0.2, 0) is 6.18 Å². The van der Waals surface area contributed by atoms with Crippen LogP contribution in [0.4, 0.5) is 30.6 Å².